The quantitative estimate of drug-likeness (QED) is 0.402. The second-order valence-corrected chi connectivity index (χ2v) is 8.93. The summed E-state index contributed by atoms with van der Waals surface area (Å²) >= 11 is 0. The Hall–Kier alpha value is -2.90. The van der Waals surface area contributed by atoms with Gasteiger partial charge in [-0.3, -0.25) is 4.79 Å². The van der Waals surface area contributed by atoms with E-state index in [1.54, 1.807) is 31.2 Å². The fourth-order valence-corrected chi connectivity index (χ4v) is 5.17. The van der Waals surface area contributed by atoms with Gasteiger partial charge in [0, 0.05) is 11.1 Å². The lowest BCUT2D eigenvalue weighted by atomic mass is 9.87. The zero-order valence-electron chi connectivity index (χ0n) is 17.4. The Morgan fingerprint density at radius 2 is 1.21 bits per heavy atom. The smallest absolute Gasteiger partial charge is 0.289 e. The van der Waals surface area contributed by atoms with E-state index < -0.39 is 13.3 Å². The van der Waals surface area contributed by atoms with Gasteiger partial charge in [0.1, 0.15) is 0 Å². The van der Waals surface area contributed by atoms with Gasteiger partial charge in [-0.05, 0) is 74.6 Å². The van der Waals surface area contributed by atoms with Crippen molar-refractivity contribution in [2.75, 3.05) is 0 Å². The van der Waals surface area contributed by atoms with E-state index in [0.717, 1.165) is 22.3 Å². The molecule has 0 amide bonds. The van der Waals surface area contributed by atoms with Crippen LogP contribution in [-0.2, 0) is 4.57 Å². The first kappa shape index (κ1) is 20.8. The van der Waals surface area contributed by atoms with Gasteiger partial charge in [0.15, 0.2) is 11.1 Å². The Labute approximate surface area is 172 Å². The van der Waals surface area contributed by atoms with E-state index in [1.807, 2.05) is 58.0 Å². The molecule has 0 saturated carbocycles. The maximum Gasteiger partial charge on any atom is 0.458 e. The van der Waals surface area contributed by atoms with Crippen molar-refractivity contribution in [2.45, 2.75) is 34.6 Å². The number of carbonyl (C=O) groups excluding carboxylic acids is 2. The summed E-state index contributed by atoms with van der Waals surface area (Å²) in [5.74, 6) is -0.0976. The van der Waals surface area contributed by atoms with Gasteiger partial charge in [0.25, 0.3) is 0 Å². The van der Waals surface area contributed by atoms with E-state index in [9.17, 15) is 14.2 Å². The number of hydrogen-bond donors (Lipinski definition) is 0. The topological polar surface area (TPSA) is 51.2 Å². The third-order valence-corrected chi connectivity index (χ3v) is 6.66. The molecule has 4 heteroatoms. The molecule has 3 aromatic carbocycles. The standard InChI is InChI=1S/C25H24O3P/c1-15-10-9-11-16(2)21(15)24(26)22-17(3)14-18(4)23(19(22)5)25(27)29(28)20-12-7-6-8-13-20/h6-14H,1-5H3/q+1. The Kier molecular flexibility index (Phi) is 5.91. The molecule has 0 aliphatic rings. The summed E-state index contributed by atoms with van der Waals surface area (Å²) in [5, 5.41) is 0.495. The average Bonchev–Trinajstić information content (AvgIpc) is 2.67. The van der Waals surface area contributed by atoms with E-state index in [4.69, 9.17) is 0 Å². The van der Waals surface area contributed by atoms with Gasteiger partial charge in [0.2, 0.25) is 0 Å². The minimum absolute atomic E-state index is 0.0976. The zero-order valence-corrected chi connectivity index (χ0v) is 18.3. The van der Waals surface area contributed by atoms with Crippen molar-refractivity contribution in [3.05, 3.63) is 99.1 Å². The Morgan fingerprint density at radius 3 is 1.79 bits per heavy atom. The molecular weight excluding hydrogens is 379 g/mol. The van der Waals surface area contributed by atoms with Gasteiger partial charge >= 0.3 is 13.3 Å². The minimum Gasteiger partial charge on any atom is -0.289 e. The molecule has 1 atom stereocenters. The monoisotopic (exact) mass is 403 g/mol. The molecule has 0 radical (unpaired) electrons. The highest BCUT2D eigenvalue weighted by Gasteiger charge is 2.36. The fraction of sp³-hybridized carbons (Fsp3) is 0.200. The normalized spacial score (nSPS) is 11.3. The van der Waals surface area contributed by atoms with Gasteiger partial charge in [-0.25, -0.2) is 4.79 Å². The number of carbonyl (C=O) groups is 2. The van der Waals surface area contributed by atoms with E-state index >= 15 is 0 Å². The average molecular weight is 403 g/mol. The molecule has 0 aliphatic carbocycles. The summed E-state index contributed by atoms with van der Waals surface area (Å²) in [6, 6.07) is 16.3. The van der Waals surface area contributed by atoms with Crippen LogP contribution in [0.5, 0.6) is 0 Å². The Bertz CT molecular complexity index is 1120. The molecule has 3 aromatic rings. The lowest BCUT2D eigenvalue weighted by molar-refractivity contribution is 0.103. The highest BCUT2D eigenvalue weighted by atomic mass is 31.1. The third kappa shape index (κ3) is 3.83. The zero-order chi connectivity index (χ0) is 21.3. The van der Waals surface area contributed by atoms with Crippen LogP contribution in [0, 0.1) is 34.6 Å². The minimum atomic E-state index is -2.25. The first-order chi connectivity index (χ1) is 13.7. The molecule has 146 valence electrons. The molecule has 0 N–H and O–H groups in total. The van der Waals surface area contributed by atoms with Crippen molar-refractivity contribution >= 4 is 24.4 Å². The van der Waals surface area contributed by atoms with Gasteiger partial charge in [-0.15, -0.1) is 0 Å². The summed E-state index contributed by atoms with van der Waals surface area (Å²) in [4.78, 5) is 26.6. The van der Waals surface area contributed by atoms with Crippen LogP contribution in [0.2, 0.25) is 0 Å². The van der Waals surface area contributed by atoms with Crippen LogP contribution in [-0.4, -0.2) is 11.3 Å². The van der Waals surface area contributed by atoms with Crippen LogP contribution in [0.4, 0.5) is 0 Å². The highest BCUT2D eigenvalue weighted by Crippen LogP contribution is 2.33. The van der Waals surface area contributed by atoms with Crippen LogP contribution in [0.25, 0.3) is 0 Å². The van der Waals surface area contributed by atoms with E-state index in [0.29, 0.717) is 27.6 Å². The molecule has 0 aromatic heterocycles. The van der Waals surface area contributed by atoms with Gasteiger partial charge in [-0.1, -0.05) is 47.0 Å². The molecule has 0 heterocycles. The van der Waals surface area contributed by atoms with Crippen LogP contribution in [0.3, 0.4) is 0 Å². The van der Waals surface area contributed by atoms with Gasteiger partial charge < -0.3 is 0 Å². The SMILES string of the molecule is Cc1cccc(C)c1C(=O)c1c(C)cc(C)c(C(=O)[P+](=O)c2ccccc2)c1C. The predicted molar refractivity (Wildman–Crippen MR) is 118 cm³/mol. The Morgan fingerprint density at radius 1 is 0.655 bits per heavy atom. The van der Waals surface area contributed by atoms with Crippen LogP contribution < -0.4 is 5.30 Å². The summed E-state index contributed by atoms with van der Waals surface area (Å²) < 4.78 is 12.9. The van der Waals surface area contributed by atoms with Crippen LogP contribution in [0.15, 0.2) is 54.6 Å². The molecule has 3 rings (SSSR count). The first-order valence-corrected chi connectivity index (χ1v) is 10.8. The second kappa shape index (κ2) is 8.23. The lowest BCUT2D eigenvalue weighted by Gasteiger charge is -2.16. The third-order valence-electron chi connectivity index (χ3n) is 5.30. The van der Waals surface area contributed by atoms with E-state index in [1.165, 1.54) is 0 Å². The van der Waals surface area contributed by atoms with E-state index in [2.05, 4.69) is 0 Å². The highest BCUT2D eigenvalue weighted by molar-refractivity contribution is 7.71. The number of aryl methyl sites for hydroxylation is 4. The summed E-state index contributed by atoms with van der Waals surface area (Å²) in [6.45, 7) is 9.32. The molecule has 0 aliphatic heterocycles. The summed E-state index contributed by atoms with van der Waals surface area (Å²) in [6.07, 6.45) is 0. The largest absolute Gasteiger partial charge is 0.458 e. The van der Waals surface area contributed by atoms with Gasteiger partial charge in [0.05, 0.1) is 5.56 Å². The summed E-state index contributed by atoms with van der Waals surface area (Å²) in [5.41, 5.74) is 5.09. The van der Waals surface area contributed by atoms with Crippen molar-refractivity contribution in [2.24, 2.45) is 0 Å². The van der Waals surface area contributed by atoms with E-state index in [-0.39, 0.29) is 5.78 Å². The van der Waals surface area contributed by atoms with Gasteiger partial charge in [-0.2, -0.15) is 0 Å². The number of benzene rings is 3. The number of ketones is 1. The molecule has 0 saturated heterocycles. The van der Waals surface area contributed by atoms with Crippen molar-refractivity contribution in [1.82, 2.24) is 0 Å². The summed E-state index contributed by atoms with van der Waals surface area (Å²) in [7, 11) is -2.25. The van der Waals surface area contributed by atoms with Crippen molar-refractivity contribution in [3.8, 4) is 0 Å². The molecule has 0 spiro atoms. The lowest BCUT2D eigenvalue weighted by Crippen LogP contribution is -2.15. The van der Waals surface area contributed by atoms with Crippen LogP contribution >= 0.6 is 7.80 Å². The maximum absolute atomic E-state index is 13.5. The molecule has 0 bridgehead atoms. The molecule has 1 unspecified atom stereocenters. The molecule has 3 nitrogen and oxygen atoms in total. The molecular formula is C25H24O3P+. The molecule has 0 fully saturated rings. The predicted octanol–water partition coefficient (Wildman–Crippen LogP) is 5.75. The number of hydrogen-bond acceptors (Lipinski definition) is 3. The van der Waals surface area contributed by atoms with Crippen LogP contribution in [0.1, 0.15) is 54.1 Å². The van der Waals surface area contributed by atoms with Crippen molar-refractivity contribution in [1.29, 1.82) is 0 Å². The fourth-order valence-electron chi connectivity index (χ4n) is 3.94. The second-order valence-electron chi connectivity index (χ2n) is 7.42. The van der Waals surface area contributed by atoms with Crippen molar-refractivity contribution in [3.63, 3.8) is 0 Å². The maximum atomic E-state index is 13.5. The van der Waals surface area contributed by atoms with Crippen molar-refractivity contribution < 1.29 is 14.2 Å². The number of rotatable bonds is 5. The first-order valence-electron chi connectivity index (χ1n) is 9.52. The molecule has 29 heavy (non-hydrogen) atoms. The Balaban J connectivity index is 2.16.